The van der Waals surface area contributed by atoms with Gasteiger partial charge >= 0.3 is 0 Å². The van der Waals surface area contributed by atoms with Gasteiger partial charge in [0.15, 0.2) is 0 Å². The van der Waals surface area contributed by atoms with Crippen molar-refractivity contribution < 1.29 is 10.3 Å². The van der Waals surface area contributed by atoms with Gasteiger partial charge in [-0.15, -0.1) is 0 Å². The minimum Gasteiger partial charge on any atom is -0.412 e. The highest BCUT2D eigenvalue weighted by Gasteiger charge is 1.93. The second-order valence-electron chi connectivity index (χ2n) is 2.97. The van der Waals surface area contributed by atoms with Crippen molar-refractivity contribution in [2.24, 2.45) is 5.73 Å². The SMILES string of the molecule is NC(=C=O)CCCc1ccccc1.O. The van der Waals surface area contributed by atoms with Crippen molar-refractivity contribution in [2.45, 2.75) is 19.3 Å². The van der Waals surface area contributed by atoms with E-state index in [0.29, 0.717) is 12.1 Å². The molecule has 3 nitrogen and oxygen atoms in total. The minimum absolute atomic E-state index is 0. The fraction of sp³-hybridized carbons (Fsp3) is 0.273. The smallest absolute Gasteiger partial charge is 0.145 e. The van der Waals surface area contributed by atoms with Crippen molar-refractivity contribution in [3.05, 3.63) is 41.6 Å². The molecule has 0 fully saturated rings. The van der Waals surface area contributed by atoms with Crippen molar-refractivity contribution in [2.75, 3.05) is 0 Å². The summed E-state index contributed by atoms with van der Waals surface area (Å²) in [4.78, 5) is 10.1. The summed E-state index contributed by atoms with van der Waals surface area (Å²) in [6.07, 6.45) is 2.51. The van der Waals surface area contributed by atoms with Crippen LogP contribution in [-0.2, 0) is 11.2 Å². The first kappa shape index (κ1) is 12.4. The Hall–Kier alpha value is -1.57. The molecule has 0 aliphatic heterocycles. The molecule has 0 bridgehead atoms. The Labute approximate surface area is 83.5 Å². The van der Waals surface area contributed by atoms with E-state index in [4.69, 9.17) is 5.73 Å². The van der Waals surface area contributed by atoms with Gasteiger partial charge in [-0.25, -0.2) is 4.79 Å². The van der Waals surface area contributed by atoms with E-state index in [1.54, 1.807) is 5.94 Å². The number of hydrogen-bond donors (Lipinski definition) is 1. The van der Waals surface area contributed by atoms with Crippen molar-refractivity contribution in [1.29, 1.82) is 0 Å². The highest BCUT2D eigenvalue weighted by atomic mass is 16.1. The van der Waals surface area contributed by atoms with Crippen molar-refractivity contribution in [1.82, 2.24) is 0 Å². The van der Waals surface area contributed by atoms with E-state index in [1.165, 1.54) is 5.56 Å². The van der Waals surface area contributed by atoms with E-state index in [2.05, 4.69) is 12.1 Å². The number of carbonyl (C=O) groups excluding carboxylic acids is 1. The Morgan fingerprint density at radius 3 is 2.50 bits per heavy atom. The summed E-state index contributed by atoms with van der Waals surface area (Å²) in [5.74, 6) is 1.70. The summed E-state index contributed by atoms with van der Waals surface area (Å²) >= 11 is 0. The van der Waals surface area contributed by atoms with E-state index in [-0.39, 0.29) is 5.48 Å². The first-order valence-electron chi connectivity index (χ1n) is 4.36. The van der Waals surface area contributed by atoms with Gasteiger partial charge in [-0.3, -0.25) is 0 Å². The zero-order valence-electron chi connectivity index (χ0n) is 7.99. The highest BCUT2D eigenvalue weighted by molar-refractivity contribution is 5.50. The molecule has 0 aliphatic rings. The number of aryl methyl sites for hydroxylation is 1. The molecule has 4 N–H and O–H groups in total. The van der Waals surface area contributed by atoms with Crippen LogP contribution in [0.3, 0.4) is 0 Å². The van der Waals surface area contributed by atoms with Gasteiger partial charge < -0.3 is 11.2 Å². The van der Waals surface area contributed by atoms with Crippen LogP contribution in [0.4, 0.5) is 0 Å². The maximum atomic E-state index is 10.1. The Kier molecular flexibility index (Phi) is 6.12. The molecular weight excluding hydrogens is 178 g/mol. The maximum Gasteiger partial charge on any atom is 0.145 e. The number of nitrogens with two attached hydrogens (primary N) is 1. The third-order valence-electron chi connectivity index (χ3n) is 1.89. The topological polar surface area (TPSA) is 74.6 Å². The molecule has 0 aromatic heterocycles. The third-order valence-corrected chi connectivity index (χ3v) is 1.89. The minimum atomic E-state index is 0. The molecule has 0 amide bonds. The van der Waals surface area contributed by atoms with Crippen LogP contribution < -0.4 is 5.73 Å². The van der Waals surface area contributed by atoms with Crippen LogP contribution in [-0.4, -0.2) is 11.4 Å². The normalized spacial score (nSPS) is 8.57. The Bertz CT molecular complexity index is 302. The van der Waals surface area contributed by atoms with E-state index >= 15 is 0 Å². The molecule has 0 saturated heterocycles. The number of rotatable bonds is 4. The summed E-state index contributed by atoms with van der Waals surface area (Å²) in [5, 5.41) is 0. The maximum absolute atomic E-state index is 10.1. The predicted molar refractivity (Wildman–Crippen MR) is 56.4 cm³/mol. The molecule has 0 atom stereocenters. The molecule has 0 radical (unpaired) electrons. The Balaban J connectivity index is 0.00000169. The van der Waals surface area contributed by atoms with Gasteiger partial charge in [0.25, 0.3) is 0 Å². The molecule has 0 aliphatic carbocycles. The van der Waals surface area contributed by atoms with Crippen LogP contribution in [0, 0.1) is 0 Å². The summed E-state index contributed by atoms with van der Waals surface area (Å²) in [6, 6.07) is 10.1. The average Bonchev–Trinajstić information content (AvgIpc) is 2.19. The zero-order chi connectivity index (χ0) is 9.52. The van der Waals surface area contributed by atoms with Crippen LogP contribution in [0.2, 0.25) is 0 Å². The largest absolute Gasteiger partial charge is 0.412 e. The van der Waals surface area contributed by atoms with Gasteiger partial charge in [-0.1, -0.05) is 30.3 Å². The van der Waals surface area contributed by atoms with Gasteiger partial charge in [-0.05, 0) is 24.8 Å². The number of benzene rings is 1. The van der Waals surface area contributed by atoms with E-state index in [0.717, 1.165) is 12.8 Å². The van der Waals surface area contributed by atoms with Crippen molar-refractivity contribution in [3.8, 4) is 0 Å². The molecule has 1 aromatic rings. The molecule has 0 spiro atoms. The van der Waals surface area contributed by atoms with Crippen LogP contribution in [0.1, 0.15) is 18.4 Å². The fourth-order valence-electron chi connectivity index (χ4n) is 1.18. The lowest BCUT2D eigenvalue weighted by Gasteiger charge is -1.99. The van der Waals surface area contributed by atoms with Gasteiger partial charge in [0, 0.05) is 0 Å². The summed E-state index contributed by atoms with van der Waals surface area (Å²) in [6.45, 7) is 0. The highest BCUT2D eigenvalue weighted by Crippen LogP contribution is 2.05. The quantitative estimate of drug-likeness (QED) is 0.720. The Morgan fingerprint density at radius 1 is 1.29 bits per heavy atom. The lowest BCUT2D eigenvalue weighted by molar-refractivity contribution is 0.565. The number of allylic oxidation sites excluding steroid dienone is 1. The fourth-order valence-corrected chi connectivity index (χ4v) is 1.18. The molecular formula is C11H15NO2. The summed E-state index contributed by atoms with van der Waals surface area (Å²) in [7, 11) is 0. The Morgan fingerprint density at radius 2 is 1.93 bits per heavy atom. The summed E-state index contributed by atoms with van der Waals surface area (Å²) < 4.78 is 0. The first-order chi connectivity index (χ1) is 6.33. The molecule has 3 heteroatoms. The van der Waals surface area contributed by atoms with Crippen LogP contribution in [0.25, 0.3) is 0 Å². The molecule has 76 valence electrons. The standard InChI is InChI=1S/C11H13NO.H2O/c12-11(9-13)8-4-7-10-5-2-1-3-6-10;/h1-3,5-6H,4,7-8,12H2;1H2. The number of hydrogen-bond acceptors (Lipinski definition) is 2. The average molecular weight is 193 g/mol. The molecule has 1 aromatic carbocycles. The van der Waals surface area contributed by atoms with E-state index in [1.807, 2.05) is 18.2 Å². The van der Waals surface area contributed by atoms with Crippen molar-refractivity contribution >= 4 is 5.94 Å². The molecule has 0 heterocycles. The van der Waals surface area contributed by atoms with Crippen LogP contribution in [0.15, 0.2) is 36.0 Å². The third kappa shape index (κ3) is 4.45. The van der Waals surface area contributed by atoms with Crippen molar-refractivity contribution in [3.63, 3.8) is 0 Å². The van der Waals surface area contributed by atoms with Gasteiger partial charge in [0.05, 0.1) is 5.70 Å². The van der Waals surface area contributed by atoms with Gasteiger partial charge in [-0.2, -0.15) is 0 Å². The molecule has 0 unspecified atom stereocenters. The zero-order valence-corrected chi connectivity index (χ0v) is 7.99. The van der Waals surface area contributed by atoms with Crippen LogP contribution >= 0.6 is 0 Å². The lowest BCUT2D eigenvalue weighted by Crippen LogP contribution is -1.98. The predicted octanol–water partition coefficient (Wildman–Crippen LogP) is 0.859. The summed E-state index contributed by atoms with van der Waals surface area (Å²) in [5.41, 5.74) is 6.92. The first-order valence-corrected chi connectivity index (χ1v) is 4.36. The lowest BCUT2D eigenvalue weighted by atomic mass is 10.1. The monoisotopic (exact) mass is 193 g/mol. The molecule has 0 saturated carbocycles. The van der Waals surface area contributed by atoms with Crippen LogP contribution in [0.5, 0.6) is 0 Å². The van der Waals surface area contributed by atoms with E-state index in [9.17, 15) is 4.79 Å². The second kappa shape index (κ2) is 6.89. The van der Waals surface area contributed by atoms with E-state index < -0.39 is 0 Å². The molecule has 14 heavy (non-hydrogen) atoms. The van der Waals surface area contributed by atoms with Gasteiger partial charge in [0.1, 0.15) is 5.94 Å². The second-order valence-corrected chi connectivity index (χ2v) is 2.97. The molecule has 1 rings (SSSR count). The van der Waals surface area contributed by atoms with Gasteiger partial charge in [0.2, 0.25) is 0 Å².